The summed E-state index contributed by atoms with van der Waals surface area (Å²) in [6.45, 7) is 0. The first-order valence-corrected chi connectivity index (χ1v) is 7.46. The van der Waals surface area contributed by atoms with Crippen molar-refractivity contribution in [1.29, 1.82) is 0 Å². The Balaban J connectivity index is 1.65. The van der Waals surface area contributed by atoms with Crippen LogP contribution < -0.4 is 5.32 Å². The van der Waals surface area contributed by atoms with Crippen LogP contribution in [0.25, 0.3) is 5.69 Å². The predicted octanol–water partition coefficient (Wildman–Crippen LogP) is 0.718. The minimum absolute atomic E-state index is 0.144. The van der Waals surface area contributed by atoms with Gasteiger partial charge in [0.1, 0.15) is 11.9 Å². The Morgan fingerprint density at radius 3 is 2.48 bits per heavy atom. The highest BCUT2D eigenvalue weighted by atomic mass is 16.4. The van der Waals surface area contributed by atoms with E-state index in [4.69, 9.17) is 0 Å². The minimum atomic E-state index is -1.09. The van der Waals surface area contributed by atoms with E-state index >= 15 is 0 Å². The Bertz CT molecular complexity index is 690. The number of nitrogens with zero attached hydrogens (tertiary/aromatic N) is 4. The Morgan fingerprint density at radius 1 is 1.22 bits per heavy atom. The monoisotopic (exact) mass is 315 g/mol. The van der Waals surface area contributed by atoms with Gasteiger partial charge in [-0.3, -0.25) is 4.79 Å². The molecule has 0 spiro atoms. The minimum Gasteiger partial charge on any atom is -0.480 e. The van der Waals surface area contributed by atoms with Gasteiger partial charge in [0.15, 0.2) is 0 Å². The van der Waals surface area contributed by atoms with Crippen molar-refractivity contribution < 1.29 is 14.7 Å². The third-order valence-electron chi connectivity index (χ3n) is 4.16. The van der Waals surface area contributed by atoms with Crippen molar-refractivity contribution in [2.24, 2.45) is 0 Å². The van der Waals surface area contributed by atoms with E-state index in [1.807, 2.05) is 12.1 Å². The van der Waals surface area contributed by atoms with Gasteiger partial charge in [-0.25, -0.2) is 9.48 Å². The van der Waals surface area contributed by atoms with Crippen LogP contribution in [0.15, 0.2) is 30.6 Å². The molecule has 1 saturated carbocycles. The number of hydrogen-bond donors (Lipinski definition) is 2. The van der Waals surface area contributed by atoms with E-state index in [0.717, 1.165) is 24.1 Å². The maximum atomic E-state index is 12.2. The summed E-state index contributed by atoms with van der Waals surface area (Å²) in [6.07, 6.45) is 4.27. The van der Waals surface area contributed by atoms with E-state index < -0.39 is 11.5 Å². The Morgan fingerprint density at radius 2 is 1.91 bits per heavy atom. The summed E-state index contributed by atoms with van der Waals surface area (Å²) in [7, 11) is 0. The number of amides is 1. The number of carbonyl (C=O) groups is 2. The molecule has 0 saturated heterocycles. The van der Waals surface area contributed by atoms with Crippen molar-refractivity contribution in [2.45, 2.75) is 37.6 Å². The molecule has 1 aromatic heterocycles. The van der Waals surface area contributed by atoms with Gasteiger partial charge in [0, 0.05) is 0 Å². The van der Waals surface area contributed by atoms with Crippen molar-refractivity contribution in [3.63, 3.8) is 0 Å². The summed E-state index contributed by atoms with van der Waals surface area (Å²) in [5, 5.41) is 23.0. The molecule has 1 aliphatic rings. The van der Waals surface area contributed by atoms with Crippen LogP contribution in [0.5, 0.6) is 0 Å². The molecule has 1 heterocycles. The molecule has 2 aromatic rings. The number of tetrazole rings is 1. The average Bonchev–Trinajstić information content (AvgIpc) is 3.20. The first kappa shape index (κ1) is 15.1. The van der Waals surface area contributed by atoms with Crippen LogP contribution in [0, 0.1) is 0 Å². The van der Waals surface area contributed by atoms with Crippen LogP contribution in [-0.4, -0.2) is 42.7 Å². The topological polar surface area (TPSA) is 110 Å². The normalized spacial score (nSPS) is 16.2. The zero-order chi connectivity index (χ0) is 16.3. The van der Waals surface area contributed by atoms with E-state index in [1.54, 1.807) is 12.1 Å². The fraction of sp³-hybridized carbons (Fsp3) is 0.400. The fourth-order valence-electron chi connectivity index (χ4n) is 2.91. The molecule has 3 rings (SSSR count). The molecule has 0 atom stereocenters. The first-order valence-electron chi connectivity index (χ1n) is 7.46. The van der Waals surface area contributed by atoms with Crippen molar-refractivity contribution in [2.75, 3.05) is 0 Å². The zero-order valence-corrected chi connectivity index (χ0v) is 12.5. The zero-order valence-electron chi connectivity index (χ0n) is 12.5. The van der Waals surface area contributed by atoms with Crippen molar-refractivity contribution in [3.8, 4) is 5.69 Å². The van der Waals surface area contributed by atoms with Gasteiger partial charge in [-0.05, 0) is 41.0 Å². The highest BCUT2D eigenvalue weighted by Crippen LogP contribution is 2.30. The standard InChI is InChI=1S/C15H17N5O3/c21-13(17-15(14(22)23)7-1-2-8-15)9-11-3-5-12(6-4-11)20-10-16-18-19-20/h3-6,10H,1-2,7-9H2,(H,17,21)(H,22,23). The SMILES string of the molecule is O=C(Cc1ccc(-n2cnnn2)cc1)NC1(C(=O)O)CCCC1. The van der Waals surface area contributed by atoms with Gasteiger partial charge in [0.2, 0.25) is 5.91 Å². The molecule has 0 bridgehead atoms. The molecule has 0 radical (unpaired) electrons. The summed E-state index contributed by atoms with van der Waals surface area (Å²) < 4.78 is 1.52. The van der Waals surface area contributed by atoms with Gasteiger partial charge < -0.3 is 10.4 Å². The number of aromatic nitrogens is 4. The van der Waals surface area contributed by atoms with E-state index in [9.17, 15) is 14.7 Å². The maximum Gasteiger partial charge on any atom is 0.329 e. The first-order chi connectivity index (χ1) is 11.1. The van der Waals surface area contributed by atoms with E-state index in [2.05, 4.69) is 20.8 Å². The molecule has 0 aliphatic heterocycles. The number of nitrogens with one attached hydrogen (secondary N) is 1. The molecule has 8 nitrogen and oxygen atoms in total. The number of aliphatic carboxylic acids is 1. The molecule has 1 aromatic carbocycles. The van der Waals surface area contributed by atoms with E-state index in [1.165, 1.54) is 11.0 Å². The quantitative estimate of drug-likeness (QED) is 0.841. The smallest absolute Gasteiger partial charge is 0.329 e. The second kappa shape index (κ2) is 6.15. The molecule has 2 N–H and O–H groups in total. The lowest BCUT2D eigenvalue weighted by molar-refractivity contribution is -0.147. The van der Waals surface area contributed by atoms with Crippen LogP contribution in [0.4, 0.5) is 0 Å². The largest absolute Gasteiger partial charge is 0.480 e. The lowest BCUT2D eigenvalue weighted by atomic mass is 9.97. The van der Waals surface area contributed by atoms with Crippen molar-refractivity contribution in [1.82, 2.24) is 25.5 Å². The lowest BCUT2D eigenvalue weighted by Crippen LogP contribution is -2.52. The summed E-state index contributed by atoms with van der Waals surface area (Å²) in [4.78, 5) is 23.6. The van der Waals surface area contributed by atoms with Crippen LogP contribution >= 0.6 is 0 Å². The van der Waals surface area contributed by atoms with Crippen molar-refractivity contribution >= 4 is 11.9 Å². The molecule has 8 heteroatoms. The molecule has 1 fully saturated rings. The Kier molecular flexibility index (Phi) is 4.05. The van der Waals surface area contributed by atoms with Gasteiger partial charge in [0.05, 0.1) is 12.1 Å². The Hall–Kier alpha value is -2.77. The Labute approximate surface area is 132 Å². The second-order valence-corrected chi connectivity index (χ2v) is 5.74. The summed E-state index contributed by atoms with van der Waals surface area (Å²) >= 11 is 0. The number of hydrogen-bond acceptors (Lipinski definition) is 5. The molecule has 0 unspecified atom stereocenters. The second-order valence-electron chi connectivity index (χ2n) is 5.74. The molecule has 1 amide bonds. The highest BCUT2D eigenvalue weighted by Gasteiger charge is 2.42. The molecule has 1 aliphatic carbocycles. The molecule has 23 heavy (non-hydrogen) atoms. The number of rotatable bonds is 5. The highest BCUT2D eigenvalue weighted by molar-refractivity contribution is 5.88. The number of benzene rings is 1. The molecule has 120 valence electrons. The van der Waals surface area contributed by atoms with Crippen LogP contribution in [0.2, 0.25) is 0 Å². The number of carboxylic acids is 1. The van der Waals surface area contributed by atoms with E-state index in [0.29, 0.717) is 12.8 Å². The summed E-state index contributed by atoms with van der Waals surface area (Å²) in [5.74, 6) is -1.22. The van der Waals surface area contributed by atoms with Gasteiger partial charge in [0.25, 0.3) is 0 Å². The van der Waals surface area contributed by atoms with Gasteiger partial charge in [-0.1, -0.05) is 25.0 Å². The number of carbonyl (C=O) groups excluding carboxylic acids is 1. The summed E-state index contributed by atoms with van der Waals surface area (Å²) in [6, 6.07) is 7.22. The predicted molar refractivity (Wildman–Crippen MR) is 79.8 cm³/mol. The lowest BCUT2D eigenvalue weighted by Gasteiger charge is -2.25. The third kappa shape index (κ3) is 3.20. The van der Waals surface area contributed by atoms with Gasteiger partial charge in [-0.15, -0.1) is 5.10 Å². The molecular weight excluding hydrogens is 298 g/mol. The third-order valence-corrected chi connectivity index (χ3v) is 4.16. The van der Waals surface area contributed by atoms with Crippen LogP contribution in [0.1, 0.15) is 31.2 Å². The fourth-order valence-corrected chi connectivity index (χ4v) is 2.91. The van der Waals surface area contributed by atoms with Gasteiger partial charge in [-0.2, -0.15) is 0 Å². The van der Waals surface area contributed by atoms with E-state index in [-0.39, 0.29) is 12.3 Å². The average molecular weight is 315 g/mol. The van der Waals surface area contributed by atoms with Crippen LogP contribution in [0.3, 0.4) is 0 Å². The maximum absolute atomic E-state index is 12.2. The van der Waals surface area contributed by atoms with Crippen molar-refractivity contribution in [3.05, 3.63) is 36.2 Å². The number of carboxylic acid groups (broad SMARTS) is 1. The molecular formula is C15H17N5O3. The summed E-state index contributed by atoms with van der Waals surface area (Å²) in [5.41, 5.74) is 0.499. The van der Waals surface area contributed by atoms with Gasteiger partial charge >= 0.3 is 5.97 Å². The van der Waals surface area contributed by atoms with Crippen LogP contribution in [-0.2, 0) is 16.0 Å².